The van der Waals surface area contributed by atoms with Crippen LogP contribution in [0.3, 0.4) is 0 Å². The van der Waals surface area contributed by atoms with E-state index in [4.69, 9.17) is 0 Å². The quantitative estimate of drug-likeness (QED) is 0.648. The number of hydrogen-bond donors (Lipinski definition) is 1. The van der Waals surface area contributed by atoms with E-state index in [-0.39, 0.29) is 32.7 Å². The van der Waals surface area contributed by atoms with Gasteiger partial charge in [-0.25, -0.2) is 0 Å². The monoisotopic (exact) mass is 210 g/mol. The van der Waals surface area contributed by atoms with Crippen molar-refractivity contribution in [1.82, 2.24) is 5.32 Å². The summed E-state index contributed by atoms with van der Waals surface area (Å²) in [6.07, 6.45) is 1.75. The van der Waals surface area contributed by atoms with E-state index in [1.165, 1.54) is 0 Å². The van der Waals surface area contributed by atoms with Gasteiger partial charge < -0.3 is 10.6 Å². The Morgan fingerprint density at radius 1 is 1.50 bits per heavy atom. The zero-order valence-corrected chi connectivity index (χ0v) is 8.85. The van der Waals surface area contributed by atoms with Crippen LogP contribution in [0.2, 0.25) is 0 Å². The average Bonchev–Trinajstić information content (AvgIpc) is 1.80. The van der Waals surface area contributed by atoms with Gasteiger partial charge >= 0.3 is 32.7 Å². The molecule has 0 aliphatic carbocycles. The fourth-order valence-electron chi connectivity index (χ4n) is 0.558. The zero-order valence-electron chi connectivity index (χ0n) is 6.02. The second kappa shape index (κ2) is 3.94. The van der Waals surface area contributed by atoms with Crippen LogP contribution in [0.5, 0.6) is 0 Å². The second-order valence-corrected chi connectivity index (χ2v) is 1.99. The summed E-state index contributed by atoms with van der Waals surface area (Å²) in [6, 6.07) is 0. The third-order valence-electron chi connectivity index (χ3n) is 1.19. The minimum atomic E-state index is 0. The van der Waals surface area contributed by atoms with Gasteiger partial charge in [0.15, 0.2) is 0 Å². The van der Waals surface area contributed by atoms with Crippen LogP contribution in [0.15, 0.2) is 36.4 Å². The number of nitrogens with one attached hydrogen (secondary N) is 1. The Balaban J connectivity index is 0.000000810. The van der Waals surface area contributed by atoms with Gasteiger partial charge in [0.2, 0.25) is 0 Å². The van der Waals surface area contributed by atoms with Gasteiger partial charge in [-0.2, -0.15) is 0 Å². The van der Waals surface area contributed by atoms with Crippen molar-refractivity contribution in [3.05, 3.63) is 41.8 Å². The fraction of sp³-hybridized carbons (Fsp3) is 0.143. The van der Waals surface area contributed by atoms with Crippen molar-refractivity contribution in [1.29, 1.82) is 0 Å². The summed E-state index contributed by atoms with van der Waals surface area (Å²) in [5.74, 6) is 0.658. The van der Waals surface area contributed by atoms with Crippen molar-refractivity contribution in [3.8, 4) is 0 Å². The van der Waals surface area contributed by atoms with E-state index in [9.17, 15) is 0 Å². The van der Waals surface area contributed by atoms with E-state index in [0.717, 1.165) is 11.3 Å². The topological polar surface area (TPSA) is 26.1 Å². The molecule has 0 bridgehead atoms. The molecule has 1 rings (SSSR count). The molecule has 48 valence electrons. The molecule has 0 atom stereocenters. The van der Waals surface area contributed by atoms with E-state index >= 15 is 0 Å². The van der Waals surface area contributed by atoms with Crippen molar-refractivity contribution in [2.24, 2.45) is 0 Å². The molecule has 0 saturated carbocycles. The van der Waals surface area contributed by atoms with E-state index < -0.39 is 0 Å². The predicted molar refractivity (Wildman–Crippen MR) is 38.5 cm³/mol. The molecule has 2 nitrogen and oxygen atoms in total. The fourth-order valence-corrected chi connectivity index (χ4v) is 0.558. The van der Waals surface area contributed by atoms with Crippen LogP contribution in [0.4, 0.5) is 0 Å². The molecule has 1 N–H and O–H groups in total. The first kappa shape index (κ1) is 9.92. The van der Waals surface area contributed by atoms with E-state index in [2.05, 4.69) is 23.8 Å². The molecule has 0 aromatic rings. The van der Waals surface area contributed by atoms with Gasteiger partial charge in [0.05, 0.1) is 0 Å². The SMILES string of the molecule is C=C1[N-]C=C(C)C(=C)N1.[Y+3]. The van der Waals surface area contributed by atoms with Gasteiger partial charge in [-0.05, 0) is 12.6 Å². The average molecular weight is 210 g/mol. The predicted octanol–water partition coefficient (Wildman–Crippen LogP) is 1.85. The smallest absolute Gasteiger partial charge is 0.458 e. The third-order valence-corrected chi connectivity index (χ3v) is 1.19. The van der Waals surface area contributed by atoms with Crippen LogP contribution >= 0.6 is 0 Å². The molecule has 1 aliphatic rings. The summed E-state index contributed by atoms with van der Waals surface area (Å²) < 4.78 is 0. The van der Waals surface area contributed by atoms with Gasteiger partial charge in [-0.3, -0.25) is 0 Å². The van der Waals surface area contributed by atoms with Crippen molar-refractivity contribution in [2.75, 3.05) is 0 Å². The molecular weight excluding hydrogens is 201 g/mol. The summed E-state index contributed by atoms with van der Waals surface area (Å²) in [4.78, 5) is 0. The Kier molecular flexibility index (Phi) is 3.91. The van der Waals surface area contributed by atoms with Crippen LogP contribution in [0.1, 0.15) is 6.92 Å². The Morgan fingerprint density at radius 2 is 2.10 bits per heavy atom. The van der Waals surface area contributed by atoms with Crippen LogP contribution in [-0.2, 0) is 32.7 Å². The molecule has 0 aromatic carbocycles. The summed E-state index contributed by atoms with van der Waals surface area (Å²) in [5, 5.41) is 6.84. The van der Waals surface area contributed by atoms with E-state index in [1.54, 1.807) is 6.20 Å². The number of allylic oxidation sites excluding steroid dienone is 1. The largest absolute Gasteiger partial charge is 3.00 e. The minimum absolute atomic E-state index is 0. The Bertz CT molecular complexity index is 194. The molecule has 3 heteroatoms. The van der Waals surface area contributed by atoms with Crippen molar-refractivity contribution < 1.29 is 32.7 Å². The first-order valence-electron chi connectivity index (χ1n) is 2.73. The third kappa shape index (κ3) is 2.27. The van der Waals surface area contributed by atoms with Crippen LogP contribution in [0, 0.1) is 0 Å². The molecular formula is C7H9N2Y+2. The molecule has 1 aliphatic heterocycles. The molecule has 1 heterocycles. The van der Waals surface area contributed by atoms with Crippen molar-refractivity contribution >= 4 is 0 Å². The Labute approximate surface area is 86.3 Å². The second-order valence-electron chi connectivity index (χ2n) is 1.99. The van der Waals surface area contributed by atoms with Crippen LogP contribution < -0.4 is 5.32 Å². The zero-order chi connectivity index (χ0) is 6.85. The van der Waals surface area contributed by atoms with E-state index in [0.29, 0.717) is 5.82 Å². The van der Waals surface area contributed by atoms with Crippen molar-refractivity contribution in [2.45, 2.75) is 6.92 Å². The number of nitrogens with zero attached hydrogens (tertiary/aromatic N) is 1. The summed E-state index contributed by atoms with van der Waals surface area (Å²) >= 11 is 0. The summed E-state index contributed by atoms with van der Waals surface area (Å²) in [5.41, 5.74) is 1.94. The van der Waals surface area contributed by atoms with Gasteiger partial charge in [0, 0.05) is 0 Å². The minimum Gasteiger partial charge on any atom is -0.458 e. The molecule has 0 amide bonds. The standard InChI is InChI=1S/C7H9N2.Y/c1-5-4-8-7(3)9-6(5)2;/h4,9H,2-3H2,1H3;/q-1;+3. The van der Waals surface area contributed by atoms with Crippen molar-refractivity contribution in [3.63, 3.8) is 0 Å². The van der Waals surface area contributed by atoms with Gasteiger partial charge in [-0.1, -0.05) is 24.2 Å². The van der Waals surface area contributed by atoms with Crippen LogP contribution in [0.25, 0.3) is 5.32 Å². The molecule has 0 spiro atoms. The molecule has 10 heavy (non-hydrogen) atoms. The number of hydrogen-bond acceptors (Lipinski definition) is 1. The molecule has 0 aromatic heterocycles. The van der Waals surface area contributed by atoms with E-state index in [1.807, 2.05) is 6.92 Å². The number of rotatable bonds is 0. The Morgan fingerprint density at radius 3 is 2.50 bits per heavy atom. The maximum absolute atomic E-state index is 3.93. The molecule has 0 saturated heterocycles. The first-order valence-corrected chi connectivity index (χ1v) is 2.73. The summed E-state index contributed by atoms with van der Waals surface area (Å²) in [6.45, 7) is 9.31. The molecule has 0 unspecified atom stereocenters. The maximum atomic E-state index is 3.93. The molecule has 0 radical (unpaired) electrons. The van der Waals surface area contributed by atoms with Crippen LogP contribution in [-0.4, -0.2) is 0 Å². The first-order chi connectivity index (χ1) is 4.20. The van der Waals surface area contributed by atoms with Gasteiger partial charge in [0.25, 0.3) is 0 Å². The maximum Gasteiger partial charge on any atom is 3.00 e. The normalized spacial score (nSPS) is 16.3. The Hall–Kier alpha value is -0.0761. The van der Waals surface area contributed by atoms with Gasteiger partial charge in [-0.15, -0.1) is 6.58 Å². The summed E-state index contributed by atoms with van der Waals surface area (Å²) in [7, 11) is 0. The van der Waals surface area contributed by atoms with Gasteiger partial charge in [0.1, 0.15) is 0 Å². The molecule has 0 fully saturated rings.